The van der Waals surface area contributed by atoms with Crippen molar-refractivity contribution in [1.82, 2.24) is 4.98 Å². The number of carboxylic acids is 1. The van der Waals surface area contributed by atoms with Crippen LogP contribution >= 0.6 is 0 Å². The van der Waals surface area contributed by atoms with E-state index in [9.17, 15) is 18.3 Å². The molecule has 0 unspecified atom stereocenters. The molecular formula is C21H22N2O6S. The Hall–Kier alpha value is -3.33. The van der Waals surface area contributed by atoms with Crippen LogP contribution in [0.1, 0.15) is 17.1 Å². The molecule has 9 heteroatoms. The molecule has 8 nitrogen and oxygen atoms in total. The number of aliphatic carboxylic acids is 1. The first-order valence-corrected chi connectivity index (χ1v) is 10.8. The first-order chi connectivity index (χ1) is 14.3. The molecule has 1 heterocycles. The zero-order valence-corrected chi connectivity index (χ0v) is 17.2. The number of rotatable bonds is 10. The minimum Gasteiger partial charge on any atom is -0.493 e. The van der Waals surface area contributed by atoms with Crippen LogP contribution in [0.5, 0.6) is 5.75 Å². The summed E-state index contributed by atoms with van der Waals surface area (Å²) >= 11 is 0. The lowest BCUT2D eigenvalue weighted by Crippen LogP contribution is -2.36. The fourth-order valence-corrected chi connectivity index (χ4v) is 4.36. The van der Waals surface area contributed by atoms with Crippen LogP contribution < -0.4 is 9.04 Å². The van der Waals surface area contributed by atoms with E-state index in [0.29, 0.717) is 30.2 Å². The van der Waals surface area contributed by atoms with Gasteiger partial charge in [0.1, 0.15) is 18.6 Å². The predicted molar refractivity (Wildman–Crippen MR) is 111 cm³/mol. The molecule has 0 fully saturated rings. The number of sulfonamides is 1. The van der Waals surface area contributed by atoms with Gasteiger partial charge in [-0.15, -0.1) is 0 Å². The van der Waals surface area contributed by atoms with E-state index in [2.05, 4.69) is 4.98 Å². The van der Waals surface area contributed by atoms with Gasteiger partial charge in [0, 0.05) is 13.3 Å². The van der Waals surface area contributed by atoms with Crippen LogP contribution in [-0.4, -0.2) is 37.6 Å². The first-order valence-electron chi connectivity index (χ1n) is 9.23. The molecule has 0 saturated heterocycles. The van der Waals surface area contributed by atoms with Crippen molar-refractivity contribution >= 4 is 21.7 Å². The number of hydrogen-bond acceptors (Lipinski definition) is 6. The third-order valence-corrected chi connectivity index (χ3v) is 5.93. The molecule has 1 N–H and O–H groups in total. The number of aryl methyl sites for hydroxylation is 1. The van der Waals surface area contributed by atoms with E-state index in [1.165, 1.54) is 12.1 Å². The maximum Gasteiger partial charge on any atom is 0.324 e. The Balaban J connectivity index is 1.70. The van der Waals surface area contributed by atoms with Gasteiger partial charge in [-0.3, -0.25) is 9.10 Å². The summed E-state index contributed by atoms with van der Waals surface area (Å²) < 4.78 is 37.4. The molecule has 30 heavy (non-hydrogen) atoms. The second-order valence-electron chi connectivity index (χ2n) is 6.59. The van der Waals surface area contributed by atoms with Crippen LogP contribution in [0.4, 0.5) is 5.69 Å². The van der Waals surface area contributed by atoms with E-state index in [1.807, 2.05) is 0 Å². The fourth-order valence-electron chi connectivity index (χ4n) is 2.84. The van der Waals surface area contributed by atoms with Gasteiger partial charge in [0.05, 0.1) is 23.7 Å². The van der Waals surface area contributed by atoms with Crippen molar-refractivity contribution in [3.8, 4) is 5.75 Å². The highest BCUT2D eigenvalue weighted by Gasteiger charge is 2.25. The molecule has 0 bridgehead atoms. The van der Waals surface area contributed by atoms with Gasteiger partial charge in [-0.25, -0.2) is 13.4 Å². The summed E-state index contributed by atoms with van der Waals surface area (Å²) in [5, 5.41) is 9.21. The normalized spacial score (nSPS) is 11.2. The number of benzene rings is 2. The van der Waals surface area contributed by atoms with Crippen molar-refractivity contribution < 1.29 is 27.5 Å². The van der Waals surface area contributed by atoms with Gasteiger partial charge in [-0.05, 0) is 29.8 Å². The standard InChI is InChI=1S/C21H22N2O6S/c1-16-22-18(14-29-16)11-12-28-20-9-7-19(8-10-20)23(13-21(24)25)30(26,27)15-17-5-3-2-4-6-17/h2-10,14H,11-13,15H2,1H3,(H,24,25). The molecule has 0 amide bonds. The maximum absolute atomic E-state index is 12.9. The fraction of sp³-hybridized carbons (Fsp3) is 0.238. The van der Waals surface area contributed by atoms with Gasteiger partial charge in [-0.1, -0.05) is 30.3 Å². The zero-order chi connectivity index (χ0) is 21.6. The Bertz CT molecular complexity index is 1080. The quantitative estimate of drug-likeness (QED) is 0.526. The number of oxazole rings is 1. The van der Waals surface area contributed by atoms with Crippen LogP contribution in [0.15, 0.2) is 65.3 Å². The van der Waals surface area contributed by atoms with Crippen molar-refractivity contribution in [2.75, 3.05) is 17.5 Å². The van der Waals surface area contributed by atoms with E-state index in [1.54, 1.807) is 55.7 Å². The van der Waals surface area contributed by atoms with Crippen molar-refractivity contribution in [1.29, 1.82) is 0 Å². The monoisotopic (exact) mass is 430 g/mol. The smallest absolute Gasteiger partial charge is 0.324 e. The molecule has 158 valence electrons. The highest BCUT2D eigenvalue weighted by molar-refractivity contribution is 7.92. The summed E-state index contributed by atoms with van der Waals surface area (Å²) in [5.74, 6) is -0.412. The molecule has 0 atom stereocenters. The number of carboxylic acid groups (broad SMARTS) is 1. The van der Waals surface area contributed by atoms with Gasteiger partial charge in [0.2, 0.25) is 10.0 Å². The summed E-state index contributed by atoms with van der Waals surface area (Å²) in [5.41, 5.74) is 1.62. The number of ether oxygens (including phenoxy) is 1. The van der Waals surface area contributed by atoms with E-state index < -0.39 is 22.5 Å². The third kappa shape index (κ3) is 5.84. The molecule has 1 aromatic heterocycles. The average Bonchev–Trinajstić information content (AvgIpc) is 3.12. The largest absolute Gasteiger partial charge is 0.493 e. The van der Waals surface area contributed by atoms with Crippen molar-refractivity contribution in [3.05, 3.63) is 78.0 Å². The Kier molecular flexibility index (Phi) is 6.73. The second-order valence-corrected chi connectivity index (χ2v) is 8.49. The van der Waals surface area contributed by atoms with Gasteiger partial charge < -0.3 is 14.3 Å². The number of aromatic nitrogens is 1. The Morgan fingerprint density at radius 3 is 2.43 bits per heavy atom. The second kappa shape index (κ2) is 9.45. The number of anilines is 1. The summed E-state index contributed by atoms with van der Waals surface area (Å²) in [6, 6.07) is 14.9. The SMILES string of the molecule is Cc1nc(CCOc2ccc(N(CC(=O)O)S(=O)(=O)Cc3ccccc3)cc2)co1. The highest BCUT2D eigenvalue weighted by atomic mass is 32.2. The average molecular weight is 430 g/mol. The molecule has 0 aliphatic rings. The number of nitrogens with zero attached hydrogens (tertiary/aromatic N) is 2. The predicted octanol–water partition coefficient (Wildman–Crippen LogP) is 3.03. The van der Waals surface area contributed by atoms with Crippen molar-refractivity contribution in [3.63, 3.8) is 0 Å². The number of hydrogen-bond donors (Lipinski definition) is 1. The molecule has 0 spiro atoms. The lowest BCUT2D eigenvalue weighted by molar-refractivity contribution is -0.135. The summed E-state index contributed by atoms with van der Waals surface area (Å²) in [4.78, 5) is 15.5. The summed E-state index contributed by atoms with van der Waals surface area (Å²) in [6.45, 7) is 1.47. The van der Waals surface area contributed by atoms with Crippen molar-refractivity contribution in [2.45, 2.75) is 19.1 Å². The number of carbonyl (C=O) groups is 1. The molecule has 0 radical (unpaired) electrons. The van der Waals surface area contributed by atoms with Gasteiger partial charge in [0.15, 0.2) is 5.89 Å². The zero-order valence-electron chi connectivity index (χ0n) is 16.4. The Morgan fingerprint density at radius 1 is 1.13 bits per heavy atom. The van der Waals surface area contributed by atoms with Gasteiger partial charge in [0.25, 0.3) is 0 Å². The summed E-state index contributed by atoms with van der Waals surface area (Å²) in [6.07, 6.45) is 2.14. The Morgan fingerprint density at radius 2 is 1.83 bits per heavy atom. The van der Waals surface area contributed by atoms with Crippen molar-refractivity contribution in [2.24, 2.45) is 0 Å². The van der Waals surface area contributed by atoms with E-state index >= 15 is 0 Å². The van der Waals surface area contributed by atoms with E-state index in [4.69, 9.17) is 9.15 Å². The van der Waals surface area contributed by atoms with Crippen LogP contribution in [0.3, 0.4) is 0 Å². The molecule has 2 aromatic carbocycles. The molecule has 0 aliphatic carbocycles. The summed E-state index contributed by atoms with van der Waals surface area (Å²) in [7, 11) is -3.89. The molecular weight excluding hydrogens is 408 g/mol. The van der Waals surface area contributed by atoms with Crippen LogP contribution in [0, 0.1) is 6.92 Å². The molecule has 3 aromatic rings. The highest BCUT2D eigenvalue weighted by Crippen LogP contribution is 2.24. The van der Waals surface area contributed by atoms with Gasteiger partial charge in [-0.2, -0.15) is 0 Å². The minimum atomic E-state index is -3.89. The topological polar surface area (TPSA) is 110 Å². The van der Waals surface area contributed by atoms with Crippen LogP contribution in [0.25, 0.3) is 0 Å². The van der Waals surface area contributed by atoms with E-state index in [-0.39, 0.29) is 11.4 Å². The minimum absolute atomic E-state index is 0.257. The molecule has 3 rings (SSSR count). The maximum atomic E-state index is 12.9. The Labute approximate surface area is 174 Å². The third-order valence-electron chi connectivity index (χ3n) is 4.22. The molecule has 0 saturated carbocycles. The molecule has 0 aliphatic heterocycles. The lowest BCUT2D eigenvalue weighted by Gasteiger charge is -2.23. The van der Waals surface area contributed by atoms with Crippen LogP contribution in [-0.2, 0) is 27.0 Å². The lowest BCUT2D eigenvalue weighted by atomic mass is 10.2. The van der Waals surface area contributed by atoms with Crippen LogP contribution in [0.2, 0.25) is 0 Å². The van der Waals surface area contributed by atoms with Gasteiger partial charge >= 0.3 is 5.97 Å². The first kappa shape index (κ1) is 21.4. The van der Waals surface area contributed by atoms with E-state index in [0.717, 1.165) is 10.00 Å².